The quantitative estimate of drug-likeness (QED) is 0.701. The number of hydrogen-bond acceptors (Lipinski definition) is 2. The molecule has 0 radical (unpaired) electrons. The Bertz CT molecular complexity index is 220. The van der Waals surface area contributed by atoms with Crippen LogP contribution < -0.4 is 11.1 Å². The van der Waals surface area contributed by atoms with E-state index in [4.69, 9.17) is 5.73 Å². The molecule has 100 valence electrons. The molecule has 0 atom stereocenters. The fourth-order valence-electron chi connectivity index (χ4n) is 2.40. The molecule has 0 aromatic heterocycles. The lowest BCUT2D eigenvalue weighted by molar-refractivity contribution is -0.122. The van der Waals surface area contributed by atoms with E-state index in [0.29, 0.717) is 18.5 Å². The van der Waals surface area contributed by atoms with Gasteiger partial charge in [-0.3, -0.25) is 4.79 Å². The van der Waals surface area contributed by atoms with Crippen LogP contribution in [0.25, 0.3) is 0 Å². The van der Waals surface area contributed by atoms with Gasteiger partial charge in [0.25, 0.3) is 0 Å². The van der Waals surface area contributed by atoms with E-state index in [9.17, 15) is 4.79 Å². The molecule has 1 amide bonds. The molecular formula is C14H28N2O. The van der Waals surface area contributed by atoms with Gasteiger partial charge in [0, 0.05) is 18.5 Å². The van der Waals surface area contributed by atoms with Crippen molar-refractivity contribution in [1.29, 1.82) is 0 Å². The van der Waals surface area contributed by atoms with Crippen molar-refractivity contribution in [2.24, 2.45) is 11.7 Å². The summed E-state index contributed by atoms with van der Waals surface area (Å²) in [6, 6.07) is 0.738. The standard InChI is InChI=1S/C14H28N2O/c1-11(2)5-3-4-6-14(17)16-13-9-7-12(15)8-10-13/h11-13H,3-10,15H2,1-2H3,(H,16,17). The zero-order valence-corrected chi connectivity index (χ0v) is 11.4. The van der Waals surface area contributed by atoms with Crippen LogP contribution in [-0.2, 0) is 4.79 Å². The van der Waals surface area contributed by atoms with Crippen molar-refractivity contribution in [3.63, 3.8) is 0 Å². The molecule has 1 saturated carbocycles. The summed E-state index contributed by atoms with van der Waals surface area (Å²) in [5.74, 6) is 0.979. The molecule has 1 aliphatic carbocycles. The Balaban J connectivity index is 2.04. The maximum atomic E-state index is 11.7. The van der Waals surface area contributed by atoms with Crippen molar-refractivity contribution in [2.75, 3.05) is 0 Å². The Hall–Kier alpha value is -0.570. The SMILES string of the molecule is CC(C)CCCCC(=O)NC1CCC(N)CC1. The van der Waals surface area contributed by atoms with Crippen LogP contribution in [-0.4, -0.2) is 18.0 Å². The molecule has 3 N–H and O–H groups in total. The van der Waals surface area contributed by atoms with Gasteiger partial charge in [0.1, 0.15) is 0 Å². The lowest BCUT2D eigenvalue weighted by Gasteiger charge is -2.26. The lowest BCUT2D eigenvalue weighted by Crippen LogP contribution is -2.40. The predicted octanol–water partition coefficient (Wildman–Crippen LogP) is 2.59. The topological polar surface area (TPSA) is 55.1 Å². The first-order chi connectivity index (χ1) is 8.08. The van der Waals surface area contributed by atoms with Crippen LogP contribution in [0.1, 0.15) is 65.2 Å². The van der Waals surface area contributed by atoms with Crippen LogP contribution >= 0.6 is 0 Å². The first-order valence-corrected chi connectivity index (χ1v) is 7.13. The van der Waals surface area contributed by atoms with E-state index in [1.54, 1.807) is 0 Å². The van der Waals surface area contributed by atoms with Gasteiger partial charge in [0.05, 0.1) is 0 Å². The van der Waals surface area contributed by atoms with Gasteiger partial charge in [0.2, 0.25) is 5.91 Å². The van der Waals surface area contributed by atoms with E-state index >= 15 is 0 Å². The number of carbonyl (C=O) groups is 1. The summed E-state index contributed by atoms with van der Waals surface area (Å²) in [5.41, 5.74) is 5.84. The van der Waals surface area contributed by atoms with Gasteiger partial charge in [-0.25, -0.2) is 0 Å². The average Bonchev–Trinajstić information content (AvgIpc) is 2.27. The van der Waals surface area contributed by atoms with E-state index in [1.807, 2.05) is 0 Å². The van der Waals surface area contributed by atoms with Crippen molar-refractivity contribution in [2.45, 2.75) is 77.3 Å². The smallest absolute Gasteiger partial charge is 0.220 e. The highest BCUT2D eigenvalue weighted by Crippen LogP contribution is 2.17. The Morgan fingerprint density at radius 2 is 1.88 bits per heavy atom. The summed E-state index contributed by atoms with van der Waals surface area (Å²) in [6.45, 7) is 4.46. The van der Waals surface area contributed by atoms with Gasteiger partial charge >= 0.3 is 0 Å². The molecule has 17 heavy (non-hydrogen) atoms. The second-order valence-electron chi connectivity index (χ2n) is 5.82. The summed E-state index contributed by atoms with van der Waals surface area (Å²) < 4.78 is 0. The molecule has 3 nitrogen and oxygen atoms in total. The Kier molecular flexibility index (Phi) is 6.56. The molecule has 1 aliphatic rings. The van der Waals surface area contributed by atoms with E-state index in [2.05, 4.69) is 19.2 Å². The number of carbonyl (C=O) groups excluding carboxylic acids is 1. The highest BCUT2D eigenvalue weighted by molar-refractivity contribution is 5.76. The third kappa shape index (κ3) is 6.67. The molecule has 0 spiro atoms. The van der Waals surface area contributed by atoms with E-state index in [0.717, 1.165) is 38.0 Å². The first-order valence-electron chi connectivity index (χ1n) is 7.13. The van der Waals surface area contributed by atoms with Gasteiger partial charge in [-0.05, 0) is 38.0 Å². The van der Waals surface area contributed by atoms with Crippen molar-refractivity contribution in [1.82, 2.24) is 5.32 Å². The fraction of sp³-hybridized carbons (Fsp3) is 0.929. The van der Waals surface area contributed by atoms with Crippen LogP contribution in [0, 0.1) is 5.92 Å². The summed E-state index contributed by atoms with van der Waals surface area (Å²) in [6.07, 6.45) is 8.33. The normalized spacial score (nSPS) is 24.9. The molecule has 1 fully saturated rings. The summed E-state index contributed by atoms with van der Waals surface area (Å²) in [5, 5.41) is 3.13. The van der Waals surface area contributed by atoms with Crippen LogP contribution in [0.5, 0.6) is 0 Å². The van der Waals surface area contributed by atoms with Crippen molar-refractivity contribution < 1.29 is 4.79 Å². The van der Waals surface area contributed by atoms with E-state index < -0.39 is 0 Å². The van der Waals surface area contributed by atoms with Crippen molar-refractivity contribution in [3.05, 3.63) is 0 Å². The zero-order chi connectivity index (χ0) is 12.7. The van der Waals surface area contributed by atoms with Gasteiger partial charge in [0.15, 0.2) is 0 Å². The number of hydrogen-bond donors (Lipinski definition) is 2. The number of nitrogens with one attached hydrogen (secondary N) is 1. The maximum absolute atomic E-state index is 11.7. The van der Waals surface area contributed by atoms with E-state index in [1.165, 1.54) is 12.8 Å². The molecule has 0 heterocycles. The first kappa shape index (κ1) is 14.5. The van der Waals surface area contributed by atoms with Gasteiger partial charge in [-0.15, -0.1) is 0 Å². The minimum Gasteiger partial charge on any atom is -0.353 e. The summed E-state index contributed by atoms with van der Waals surface area (Å²) in [4.78, 5) is 11.7. The van der Waals surface area contributed by atoms with Crippen LogP contribution in [0.15, 0.2) is 0 Å². The second kappa shape index (κ2) is 7.70. The minimum atomic E-state index is 0.231. The molecule has 1 rings (SSSR count). The average molecular weight is 240 g/mol. The largest absolute Gasteiger partial charge is 0.353 e. The molecule has 0 saturated heterocycles. The highest BCUT2D eigenvalue weighted by Gasteiger charge is 2.19. The second-order valence-corrected chi connectivity index (χ2v) is 5.82. The fourth-order valence-corrected chi connectivity index (χ4v) is 2.40. The number of rotatable bonds is 6. The molecule has 0 aliphatic heterocycles. The van der Waals surface area contributed by atoms with Crippen LogP contribution in [0.2, 0.25) is 0 Å². The van der Waals surface area contributed by atoms with E-state index in [-0.39, 0.29) is 5.91 Å². The molecular weight excluding hydrogens is 212 g/mol. The monoisotopic (exact) mass is 240 g/mol. The maximum Gasteiger partial charge on any atom is 0.220 e. The third-order valence-corrected chi connectivity index (χ3v) is 3.57. The Labute approximate surface area is 106 Å². The molecule has 0 bridgehead atoms. The van der Waals surface area contributed by atoms with Crippen LogP contribution in [0.3, 0.4) is 0 Å². The Morgan fingerprint density at radius 3 is 2.47 bits per heavy atom. The summed E-state index contributed by atoms with van der Waals surface area (Å²) >= 11 is 0. The number of unbranched alkanes of at least 4 members (excludes halogenated alkanes) is 1. The van der Waals surface area contributed by atoms with Gasteiger partial charge in [-0.2, -0.15) is 0 Å². The number of amides is 1. The van der Waals surface area contributed by atoms with Gasteiger partial charge < -0.3 is 11.1 Å². The van der Waals surface area contributed by atoms with Crippen molar-refractivity contribution >= 4 is 5.91 Å². The van der Waals surface area contributed by atoms with Gasteiger partial charge in [-0.1, -0.05) is 26.7 Å². The minimum absolute atomic E-state index is 0.231. The van der Waals surface area contributed by atoms with Crippen molar-refractivity contribution in [3.8, 4) is 0 Å². The highest BCUT2D eigenvalue weighted by atomic mass is 16.1. The third-order valence-electron chi connectivity index (χ3n) is 3.57. The molecule has 0 aromatic carbocycles. The zero-order valence-electron chi connectivity index (χ0n) is 11.4. The molecule has 0 aromatic rings. The Morgan fingerprint density at radius 1 is 1.24 bits per heavy atom. The molecule has 3 heteroatoms. The van der Waals surface area contributed by atoms with Crippen LogP contribution in [0.4, 0.5) is 0 Å². The summed E-state index contributed by atoms with van der Waals surface area (Å²) in [7, 11) is 0. The molecule has 0 unspecified atom stereocenters. The predicted molar refractivity (Wildman–Crippen MR) is 71.7 cm³/mol. The number of nitrogens with two attached hydrogens (primary N) is 1. The lowest BCUT2D eigenvalue weighted by atomic mass is 9.92.